The van der Waals surface area contributed by atoms with E-state index in [0.717, 1.165) is 13.0 Å². The molecule has 28 heavy (non-hydrogen) atoms. The highest BCUT2D eigenvalue weighted by atomic mass is 32.1. The van der Waals surface area contributed by atoms with Gasteiger partial charge in [0.2, 0.25) is 6.79 Å². The number of nitrogens with one attached hydrogen (secondary N) is 2. The fourth-order valence-corrected chi connectivity index (χ4v) is 4.12. The van der Waals surface area contributed by atoms with Gasteiger partial charge in [0.25, 0.3) is 11.8 Å². The minimum atomic E-state index is -0.316. The predicted molar refractivity (Wildman–Crippen MR) is 105 cm³/mol. The van der Waals surface area contributed by atoms with Gasteiger partial charge in [0.05, 0.1) is 0 Å². The van der Waals surface area contributed by atoms with Crippen LogP contribution < -0.4 is 20.1 Å². The molecule has 0 bridgehead atoms. The molecule has 2 amide bonds. The Labute approximate surface area is 166 Å². The van der Waals surface area contributed by atoms with Crippen molar-refractivity contribution in [2.24, 2.45) is 0 Å². The number of fused-ring (bicyclic) bond motifs is 1. The van der Waals surface area contributed by atoms with E-state index in [-0.39, 0.29) is 18.6 Å². The van der Waals surface area contributed by atoms with Gasteiger partial charge in [-0.15, -0.1) is 11.3 Å². The van der Waals surface area contributed by atoms with Crippen molar-refractivity contribution < 1.29 is 19.1 Å². The number of aromatic nitrogens is 1. The molecule has 4 rings (SSSR count). The standard InChI is InChI=1S/C19H22N4O4S/c1-23-8-2-3-13(23)6-7-20-18(25)14-10-28-19(21-14)22-17(24)12-4-5-15-16(9-12)27-11-26-15/h4-5,9-10,13H,2-3,6-8,11H2,1H3,(H,20,25)(H,21,22,24). The number of benzene rings is 1. The van der Waals surface area contributed by atoms with Gasteiger partial charge in [-0.05, 0) is 51.1 Å². The zero-order valence-corrected chi connectivity index (χ0v) is 16.4. The average Bonchev–Trinajstić information content (AvgIpc) is 3.42. The molecule has 2 aromatic rings. The highest BCUT2D eigenvalue weighted by Gasteiger charge is 2.21. The second-order valence-corrected chi connectivity index (χ2v) is 7.74. The van der Waals surface area contributed by atoms with Crippen molar-refractivity contribution >= 4 is 28.3 Å². The molecule has 1 atom stereocenters. The third kappa shape index (κ3) is 4.10. The Morgan fingerprint density at radius 3 is 2.96 bits per heavy atom. The van der Waals surface area contributed by atoms with Crippen molar-refractivity contribution in [1.82, 2.24) is 15.2 Å². The number of carbonyl (C=O) groups is 2. The summed E-state index contributed by atoms with van der Waals surface area (Å²) in [4.78, 5) is 31.2. The predicted octanol–water partition coefficient (Wildman–Crippen LogP) is 2.34. The maximum absolute atomic E-state index is 12.4. The number of ether oxygens (including phenoxy) is 2. The Bertz CT molecular complexity index is 885. The van der Waals surface area contributed by atoms with Gasteiger partial charge in [-0.1, -0.05) is 0 Å². The zero-order chi connectivity index (χ0) is 19.5. The fraction of sp³-hybridized carbons (Fsp3) is 0.421. The van der Waals surface area contributed by atoms with Gasteiger partial charge >= 0.3 is 0 Å². The van der Waals surface area contributed by atoms with Gasteiger partial charge in [-0.25, -0.2) is 4.98 Å². The van der Waals surface area contributed by atoms with E-state index >= 15 is 0 Å². The summed E-state index contributed by atoms with van der Waals surface area (Å²) < 4.78 is 10.5. The van der Waals surface area contributed by atoms with E-state index in [1.165, 1.54) is 24.2 Å². The summed E-state index contributed by atoms with van der Waals surface area (Å²) in [6.07, 6.45) is 3.33. The lowest BCUT2D eigenvalue weighted by Crippen LogP contribution is -2.31. The minimum absolute atomic E-state index is 0.155. The number of likely N-dealkylation sites (tertiary alicyclic amines) is 1. The van der Waals surface area contributed by atoms with Gasteiger partial charge in [-0.2, -0.15) is 0 Å². The monoisotopic (exact) mass is 402 g/mol. The number of carbonyl (C=O) groups excluding carboxylic acids is 2. The number of nitrogens with zero attached hydrogens (tertiary/aromatic N) is 2. The Hall–Kier alpha value is -2.65. The molecule has 1 fully saturated rings. The van der Waals surface area contributed by atoms with E-state index in [1.807, 2.05) is 0 Å². The Morgan fingerprint density at radius 1 is 1.29 bits per heavy atom. The van der Waals surface area contributed by atoms with Crippen LogP contribution in [0.3, 0.4) is 0 Å². The third-order valence-corrected chi connectivity index (χ3v) is 5.78. The van der Waals surface area contributed by atoms with Crippen molar-refractivity contribution in [3.63, 3.8) is 0 Å². The van der Waals surface area contributed by atoms with E-state index in [0.29, 0.717) is 40.5 Å². The quantitative estimate of drug-likeness (QED) is 0.771. The van der Waals surface area contributed by atoms with Gasteiger partial charge in [0.15, 0.2) is 16.6 Å². The fourth-order valence-electron chi connectivity index (χ4n) is 3.43. The molecule has 0 spiro atoms. The van der Waals surface area contributed by atoms with Crippen LogP contribution in [0.4, 0.5) is 5.13 Å². The Morgan fingerprint density at radius 2 is 2.14 bits per heavy atom. The van der Waals surface area contributed by atoms with Crippen molar-refractivity contribution in [3.05, 3.63) is 34.8 Å². The highest BCUT2D eigenvalue weighted by Crippen LogP contribution is 2.32. The largest absolute Gasteiger partial charge is 0.454 e. The first-order valence-corrected chi connectivity index (χ1v) is 10.1. The maximum atomic E-state index is 12.4. The molecule has 8 nitrogen and oxygen atoms in total. The molecule has 0 saturated carbocycles. The van der Waals surface area contributed by atoms with E-state index in [9.17, 15) is 9.59 Å². The molecule has 2 aliphatic rings. The normalized spacial score (nSPS) is 18.2. The average molecular weight is 402 g/mol. The molecule has 9 heteroatoms. The molecule has 1 aromatic heterocycles. The summed E-state index contributed by atoms with van der Waals surface area (Å²) in [6, 6.07) is 5.51. The molecule has 0 aliphatic carbocycles. The van der Waals surface area contributed by atoms with Gasteiger partial charge in [0.1, 0.15) is 5.69 Å². The molecule has 0 radical (unpaired) electrons. The molecular weight excluding hydrogens is 380 g/mol. The Balaban J connectivity index is 1.30. The molecule has 2 N–H and O–H groups in total. The van der Waals surface area contributed by atoms with Crippen molar-refractivity contribution in [1.29, 1.82) is 0 Å². The molecule has 1 saturated heterocycles. The van der Waals surface area contributed by atoms with Crippen LogP contribution in [-0.2, 0) is 0 Å². The number of hydrogen-bond acceptors (Lipinski definition) is 7. The van der Waals surface area contributed by atoms with Gasteiger partial charge < -0.3 is 19.7 Å². The molecule has 3 heterocycles. The van der Waals surface area contributed by atoms with Crippen LogP contribution in [0.1, 0.15) is 40.1 Å². The van der Waals surface area contributed by atoms with Crippen LogP contribution in [0.5, 0.6) is 11.5 Å². The SMILES string of the molecule is CN1CCCC1CCNC(=O)c1csc(NC(=O)c2ccc3c(c2)OCO3)n1. The second-order valence-electron chi connectivity index (χ2n) is 6.88. The summed E-state index contributed by atoms with van der Waals surface area (Å²) in [5, 5.41) is 7.65. The summed E-state index contributed by atoms with van der Waals surface area (Å²) in [5.74, 6) is 0.623. The van der Waals surface area contributed by atoms with E-state index < -0.39 is 0 Å². The molecule has 1 unspecified atom stereocenters. The van der Waals surface area contributed by atoms with Crippen LogP contribution in [0, 0.1) is 0 Å². The summed E-state index contributed by atoms with van der Waals surface area (Å²) in [5.41, 5.74) is 0.747. The minimum Gasteiger partial charge on any atom is -0.454 e. The lowest BCUT2D eigenvalue weighted by molar-refractivity contribution is 0.0944. The zero-order valence-electron chi connectivity index (χ0n) is 15.6. The van der Waals surface area contributed by atoms with Crippen LogP contribution in [0.15, 0.2) is 23.6 Å². The van der Waals surface area contributed by atoms with Gasteiger partial charge in [0, 0.05) is 23.5 Å². The smallest absolute Gasteiger partial charge is 0.270 e. The molecule has 2 aliphatic heterocycles. The lowest BCUT2D eigenvalue weighted by atomic mass is 10.1. The van der Waals surface area contributed by atoms with Crippen LogP contribution in [0.25, 0.3) is 0 Å². The first kappa shape index (κ1) is 18.7. The first-order chi connectivity index (χ1) is 13.6. The van der Waals surface area contributed by atoms with Crippen LogP contribution in [0.2, 0.25) is 0 Å². The highest BCUT2D eigenvalue weighted by molar-refractivity contribution is 7.14. The molecule has 148 valence electrons. The topological polar surface area (TPSA) is 92.8 Å². The Kier molecular flexibility index (Phi) is 5.45. The van der Waals surface area contributed by atoms with E-state index in [1.54, 1.807) is 23.6 Å². The first-order valence-electron chi connectivity index (χ1n) is 9.25. The van der Waals surface area contributed by atoms with Crippen LogP contribution in [-0.4, -0.2) is 54.7 Å². The van der Waals surface area contributed by atoms with E-state index in [4.69, 9.17) is 9.47 Å². The lowest BCUT2D eigenvalue weighted by Gasteiger charge is -2.19. The number of thiazole rings is 1. The summed E-state index contributed by atoms with van der Waals surface area (Å²) in [7, 11) is 2.12. The number of rotatable bonds is 6. The van der Waals surface area contributed by atoms with Crippen molar-refractivity contribution in [2.75, 3.05) is 32.2 Å². The number of anilines is 1. The summed E-state index contributed by atoms with van der Waals surface area (Å²) >= 11 is 1.22. The van der Waals surface area contributed by atoms with E-state index in [2.05, 4.69) is 27.6 Å². The van der Waals surface area contributed by atoms with Crippen molar-refractivity contribution in [3.8, 4) is 11.5 Å². The number of amides is 2. The van der Waals surface area contributed by atoms with Gasteiger partial charge in [-0.3, -0.25) is 14.9 Å². The molecule has 1 aromatic carbocycles. The number of hydrogen-bond donors (Lipinski definition) is 2. The summed E-state index contributed by atoms with van der Waals surface area (Å²) in [6.45, 7) is 1.89. The second kappa shape index (κ2) is 8.15. The van der Waals surface area contributed by atoms with Crippen molar-refractivity contribution in [2.45, 2.75) is 25.3 Å². The van der Waals surface area contributed by atoms with Crippen LogP contribution >= 0.6 is 11.3 Å². The molecular formula is C19H22N4O4S. The maximum Gasteiger partial charge on any atom is 0.270 e. The third-order valence-electron chi connectivity index (χ3n) is 5.03.